The van der Waals surface area contributed by atoms with Crippen LogP contribution < -0.4 is 0 Å². The first kappa shape index (κ1) is 8.83. The Morgan fingerprint density at radius 3 is 1.50 bits per heavy atom. The van der Waals surface area contributed by atoms with E-state index in [1.54, 1.807) is 0 Å². The predicted octanol–water partition coefficient (Wildman–Crippen LogP) is 1.01. The Balaban J connectivity index is 0. The van der Waals surface area contributed by atoms with Gasteiger partial charge in [0.15, 0.2) is 0 Å². The monoisotopic (exact) mass is 123 g/mol. The summed E-state index contributed by atoms with van der Waals surface area (Å²) in [4.78, 5) is 7.25. The van der Waals surface area contributed by atoms with E-state index in [9.17, 15) is 0 Å². The van der Waals surface area contributed by atoms with Gasteiger partial charge >= 0.3 is 24.8 Å². The summed E-state index contributed by atoms with van der Waals surface area (Å²) in [5.41, 5.74) is 5.75. The van der Waals surface area contributed by atoms with E-state index in [1.165, 1.54) is 0 Å². The molecule has 0 fully saturated rings. The predicted molar refractivity (Wildman–Crippen MR) is 12.6 cm³/mol. The fourth-order valence-electron chi connectivity index (χ4n) is 0. The van der Waals surface area contributed by atoms with E-state index in [-0.39, 0.29) is 0 Å². The molecule has 0 radical (unpaired) electrons. The van der Waals surface area contributed by atoms with Crippen molar-refractivity contribution in [3.8, 4) is 0 Å². The van der Waals surface area contributed by atoms with Crippen molar-refractivity contribution in [2.24, 2.45) is 0 Å². The maximum absolute atomic E-state index is 7.25. The van der Waals surface area contributed by atoms with Crippen molar-refractivity contribution in [1.82, 2.24) is 0 Å². The Hall–Kier alpha value is 0.384. The molecule has 0 saturated heterocycles. The van der Waals surface area contributed by atoms with E-state index >= 15 is 0 Å². The summed E-state index contributed by atoms with van der Waals surface area (Å²) >= 11 is 3.35. The van der Waals surface area contributed by atoms with Crippen LogP contribution in [0.3, 0.4) is 0 Å². The molecule has 0 saturated carbocycles. The molecule has 0 bridgehead atoms. The van der Waals surface area contributed by atoms with Crippen molar-refractivity contribution in [3.05, 3.63) is 10.5 Å². The Morgan fingerprint density at radius 1 is 1.50 bits per heavy atom. The normalized spacial score (nSPS) is 2.75. The fraction of sp³-hybridized carbons (Fsp3) is 0. The van der Waals surface area contributed by atoms with Gasteiger partial charge in [0.1, 0.15) is 0 Å². The molecule has 0 aliphatic carbocycles. The summed E-state index contributed by atoms with van der Waals surface area (Å²) < 4.78 is 0. The molecule has 0 heterocycles. The molecular formula is ClNNiO-. The maximum atomic E-state index is 7.25. The molecule has 0 unspecified atom stereocenters. The summed E-state index contributed by atoms with van der Waals surface area (Å²) in [7, 11) is 4.26. The molecule has 0 aliphatic heterocycles. The topological polar surface area (TPSA) is 39.4 Å². The molecule has 0 aromatic carbocycles. The third kappa shape index (κ3) is 31.0. The molecule has 0 aliphatic rings. The van der Waals surface area contributed by atoms with Gasteiger partial charge in [-0.05, 0) is 0 Å². The van der Waals surface area contributed by atoms with Gasteiger partial charge in [-0.25, -0.2) is 0 Å². The minimum atomic E-state index is 3.35. The van der Waals surface area contributed by atoms with Crippen molar-refractivity contribution in [2.45, 2.75) is 0 Å². The minimum absolute atomic E-state index is 3.35. The number of halogens is 1. The van der Waals surface area contributed by atoms with E-state index in [0.717, 1.165) is 0 Å². The van der Waals surface area contributed by atoms with E-state index in [1.807, 2.05) is 0 Å². The van der Waals surface area contributed by atoms with Gasteiger partial charge in [0.05, 0.1) is 0 Å². The van der Waals surface area contributed by atoms with E-state index in [2.05, 4.69) is 24.8 Å². The maximum Gasteiger partial charge on any atom is -0.423 e. The molecule has 4 heavy (non-hydrogen) atoms. The summed E-state index contributed by atoms with van der Waals surface area (Å²) in [6, 6.07) is 0. The van der Waals surface area contributed by atoms with Gasteiger partial charge in [-0.1, -0.05) is 0 Å². The molecule has 0 N–H and O–H groups in total. The van der Waals surface area contributed by atoms with E-state index < -0.39 is 0 Å². The van der Waals surface area contributed by atoms with Gasteiger partial charge in [-0.3, -0.25) is 0 Å². The van der Waals surface area contributed by atoms with Gasteiger partial charge < -0.3 is 10.5 Å². The first-order chi connectivity index (χ1) is 2.00. The first-order valence-corrected chi connectivity index (χ1v) is 1.66. The Labute approximate surface area is 35.9 Å². The molecular weight excluding hydrogens is 124 g/mol. The smallest absolute Gasteiger partial charge is 0.423 e. The number of nitrogens with zero attached hydrogens (tertiary/aromatic N) is 1. The van der Waals surface area contributed by atoms with Gasteiger partial charge in [-0.2, -0.15) is 0 Å². The molecule has 0 spiro atoms. The van der Waals surface area contributed by atoms with Crippen molar-refractivity contribution in [3.63, 3.8) is 0 Å². The first-order valence-electron chi connectivity index (χ1n) is 0.302. The van der Waals surface area contributed by atoms with Crippen molar-refractivity contribution in [2.75, 3.05) is 0 Å². The fourth-order valence-corrected chi connectivity index (χ4v) is 0. The second-order valence-electron chi connectivity index (χ2n) is 0. The number of hydrogen-bond acceptors (Lipinski definition) is 1. The van der Waals surface area contributed by atoms with Crippen LogP contribution in [0.2, 0.25) is 0 Å². The molecule has 0 rings (SSSR count). The number of rotatable bonds is 0. The van der Waals surface area contributed by atoms with Crippen LogP contribution in [0.5, 0.6) is 0 Å². The molecule has 0 amide bonds. The SMILES string of the molecule is [Cl][Ni].[N-]=O. The minimum Gasteiger partial charge on any atom is -0.577 e. The van der Waals surface area contributed by atoms with Crippen LogP contribution >= 0.6 is 10.2 Å². The summed E-state index contributed by atoms with van der Waals surface area (Å²) in [6.07, 6.45) is 0. The van der Waals surface area contributed by atoms with Crippen LogP contribution in [0.4, 0.5) is 0 Å². The average molecular weight is 124 g/mol. The van der Waals surface area contributed by atoms with Crippen LogP contribution in [0.15, 0.2) is 0 Å². The van der Waals surface area contributed by atoms with E-state index in [4.69, 9.17) is 10.5 Å². The second-order valence-corrected chi connectivity index (χ2v) is 0. The molecule has 0 aromatic heterocycles. The summed E-state index contributed by atoms with van der Waals surface area (Å²) in [5.74, 6) is 0. The zero-order chi connectivity index (χ0) is 4.00. The summed E-state index contributed by atoms with van der Waals surface area (Å²) in [6.45, 7) is 0. The van der Waals surface area contributed by atoms with Gasteiger partial charge in [0, 0.05) is 0 Å². The number of nitroso groups, excluding NO2 is 1. The van der Waals surface area contributed by atoms with Gasteiger partial charge in [-0.15, -0.1) is 0 Å². The Bertz CT molecular complexity index is 8.00. The van der Waals surface area contributed by atoms with Crippen LogP contribution in [0.25, 0.3) is 5.59 Å². The van der Waals surface area contributed by atoms with Gasteiger partial charge in [0.25, 0.3) is 0 Å². The second kappa shape index (κ2) is 131. The zero-order valence-corrected chi connectivity index (χ0v) is 3.29. The molecule has 2 nitrogen and oxygen atoms in total. The molecule has 0 aromatic rings. The van der Waals surface area contributed by atoms with Crippen LogP contribution in [0, 0.1) is 4.91 Å². The molecule has 0 atom stereocenters. The van der Waals surface area contributed by atoms with Crippen molar-refractivity contribution < 1.29 is 14.6 Å². The average Bonchev–Trinajstić information content (AvgIpc) is 1.50. The quantitative estimate of drug-likeness (QED) is 0.444. The Morgan fingerprint density at radius 2 is 1.50 bits per heavy atom. The Kier molecular flexibility index (Phi) is 289. The molecule has 29 valence electrons. The molecule has 4 heteroatoms. The largest absolute Gasteiger partial charge is 0.577 e. The summed E-state index contributed by atoms with van der Waals surface area (Å²) in [5, 5.41) is 0. The van der Waals surface area contributed by atoms with E-state index in [0.29, 0.717) is 0 Å². The third-order valence-electron chi connectivity index (χ3n) is 0. The standard InChI is InChI=1S/ClH.NO.Ni/c;1-2;/h1H;;/q;-1;+1/p-1. The van der Waals surface area contributed by atoms with Crippen LogP contribution in [-0.4, -0.2) is 0 Å². The van der Waals surface area contributed by atoms with Crippen molar-refractivity contribution in [1.29, 1.82) is 0 Å². The number of hydrogen-bond donors (Lipinski definition) is 0. The van der Waals surface area contributed by atoms with Crippen LogP contribution in [0.1, 0.15) is 0 Å². The zero-order valence-electron chi connectivity index (χ0n) is 1.55. The third-order valence-corrected chi connectivity index (χ3v) is 0. The van der Waals surface area contributed by atoms with Gasteiger partial charge in [0.2, 0.25) is 0 Å². The van der Waals surface area contributed by atoms with Crippen molar-refractivity contribution >= 4 is 10.2 Å². The van der Waals surface area contributed by atoms with Crippen LogP contribution in [-0.2, 0) is 14.6 Å².